The topological polar surface area (TPSA) is 89.8 Å². The molecular weight excluding hydrogens is 362 g/mol. The molecule has 3 rings (SSSR count). The molecule has 3 aromatic heterocycles. The maximum atomic E-state index is 12.4. The normalized spacial score (nSPS) is 10.9. The summed E-state index contributed by atoms with van der Waals surface area (Å²) < 4.78 is 1.27. The second kappa shape index (κ2) is 8.33. The Morgan fingerprint density at radius 2 is 2.19 bits per heavy atom. The maximum absolute atomic E-state index is 12.4. The summed E-state index contributed by atoms with van der Waals surface area (Å²) in [6.07, 6.45) is 8.05. The Morgan fingerprint density at radius 3 is 2.93 bits per heavy atom. The molecule has 0 unspecified atom stereocenters. The number of nitrogens with zero attached hydrogens (tertiary/aromatic N) is 4. The van der Waals surface area contributed by atoms with Crippen LogP contribution in [0.2, 0.25) is 0 Å². The van der Waals surface area contributed by atoms with E-state index in [9.17, 15) is 9.59 Å². The van der Waals surface area contributed by atoms with Crippen molar-refractivity contribution >= 4 is 28.5 Å². The number of carbonyl (C=O) groups excluding carboxylic acids is 1. The summed E-state index contributed by atoms with van der Waals surface area (Å²) >= 11 is 1.30. The Hall–Kier alpha value is -3.39. The number of amides is 1. The average Bonchev–Trinajstić information content (AvgIpc) is 3.14. The molecule has 0 spiro atoms. The first-order valence-corrected chi connectivity index (χ1v) is 8.98. The fraction of sp³-hybridized carbons (Fsp3) is 0.105. The molecule has 1 N–H and O–H groups in total. The molecule has 3 aromatic rings. The Labute approximate surface area is 159 Å². The third kappa shape index (κ3) is 4.42. The number of hydrogen-bond acceptors (Lipinski definition) is 6. The molecule has 0 aliphatic rings. The number of pyridine rings is 1. The van der Waals surface area contributed by atoms with Gasteiger partial charge in [0.1, 0.15) is 12.2 Å². The molecule has 0 bridgehead atoms. The zero-order valence-corrected chi connectivity index (χ0v) is 15.4. The van der Waals surface area contributed by atoms with Gasteiger partial charge in [0.25, 0.3) is 5.56 Å². The highest BCUT2D eigenvalue weighted by Crippen LogP contribution is 2.22. The monoisotopic (exact) mass is 379 g/mol. The van der Waals surface area contributed by atoms with Crippen molar-refractivity contribution in [2.45, 2.75) is 13.5 Å². The van der Waals surface area contributed by atoms with Crippen LogP contribution in [0.4, 0.5) is 5.13 Å². The molecule has 0 saturated carbocycles. The quantitative estimate of drug-likeness (QED) is 0.665. The molecule has 7 nitrogen and oxygen atoms in total. The number of aromatic nitrogens is 4. The molecule has 3 heterocycles. The highest BCUT2D eigenvalue weighted by atomic mass is 32.1. The van der Waals surface area contributed by atoms with Crippen LogP contribution in [0.3, 0.4) is 0 Å². The molecule has 1 amide bonds. The zero-order valence-electron chi connectivity index (χ0n) is 14.6. The molecule has 0 fully saturated rings. The molecule has 0 aromatic carbocycles. The summed E-state index contributed by atoms with van der Waals surface area (Å²) in [5, 5.41) is 4.97. The second-order valence-corrected chi connectivity index (χ2v) is 6.44. The van der Waals surface area contributed by atoms with Crippen LogP contribution in [-0.4, -0.2) is 25.4 Å². The molecule has 136 valence electrons. The van der Waals surface area contributed by atoms with Gasteiger partial charge in [-0.05, 0) is 25.1 Å². The highest BCUT2D eigenvalue weighted by Gasteiger charge is 2.12. The summed E-state index contributed by atoms with van der Waals surface area (Å²) in [5.41, 5.74) is 2.17. The van der Waals surface area contributed by atoms with Crippen molar-refractivity contribution in [3.63, 3.8) is 0 Å². The number of rotatable bonds is 6. The summed E-state index contributed by atoms with van der Waals surface area (Å²) in [7, 11) is 0. The van der Waals surface area contributed by atoms with Crippen molar-refractivity contribution < 1.29 is 4.79 Å². The van der Waals surface area contributed by atoms with Crippen molar-refractivity contribution in [3.05, 3.63) is 76.4 Å². The van der Waals surface area contributed by atoms with Gasteiger partial charge >= 0.3 is 0 Å². The van der Waals surface area contributed by atoms with Gasteiger partial charge in [0.2, 0.25) is 5.91 Å². The smallest absolute Gasteiger partial charge is 0.257 e. The van der Waals surface area contributed by atoms with Crippen LogP contribution < -0.4 is 10.9 Å². The molecule has 27 heavy (non-hydrogen) atoms. The van der Waals surface area contributed by atoms with Gasteiger partial charge < -0.3 is 5.32 Å². The maximum Gasteiger partial charge on any atom is 0.257 e. The van der Waals surface area contributed by atoms with Crippen molar-refractivity contribution in [1.29, 1.82) is 0 Å². The number of allylic oxidation sites excluding steroid dienone is 2. The van der Waals surface area contributed by atoms with Crippen LogP contribution in [0.5, 0.6) is 0 Å². The first-order valence-electron chi connectivity index (χ1n) is 8.10. The summed E-state index contributed by atoms with van der Waals surface area (Å²) in [6.45, 7) is 5.12. The Kier molecular flexibility index (Phi) is 5.68. The Bertz CT molecular complexity index is 1050. The first-order chi connectivity index (χ1) is 13.1. The molecule has 0 saturated heterocycles. The predicted molar refractivity (Wildman–Crippen MR) is 106 cm³/mol. The van der Waals surface area contributed by atoms with E-state index in [0.29, 0.717) is 22.1 Å². The van der Waals surface area contributed by atoms with Gasteiger partial charge in [-0.25, -0.2) is 9.97 Å². The van der Waals surface area contributed by atoms with Gasteiger partial charge in [0, 0.05) is 17.1 Å². The number of carbonyl (C=O) groups is 1. The summed E-state index contributed by atoms with van der Waals surface area (Å²) in [6, 6.07) is 5.54. The fourth-order valence-corrected chi connectivity index (χ4v) is 3.04. The van der Waals surface area contributed by atoms with Crippen LogP contribution in [0.15, 0.2) is 59.6 Å². The van der Waals surface area contributed by atoms with Crippen LogP contribution in [-0.2, 0) is 11.3 Å². The zero-order chi connectivity index (χ0) is 19.2. The molecule has 8 heteroatoms. The third-order valence-electron chi connectivity index (χ3n) is 3.68. The van der Waals surface area contributed by atoms with E-state index in [1.807, 2.05) is 23.6 Å². The second-order valence-electron chi connectivity index (χ2n) is 5.58. The van der Waals surface area contributed by atoms with Crippen LogP contribution >= 0.6 is 11.3 Å². The number of anilines is 1. The molecule has 0 aliphatic carbocycles. The lowest BCUT2D eigenvalue weighted by Gasteiger charge is -2.07. The first kappa shape index (κ1) is 18.4. The number of hydrogen-bond donors (Lipinski definition) is 1. The SMILES string of the molecule is C=C/C=C\c1ncn(CC(=O)Nc2nc(-c3ccccn3)cs2)c(=O)c1C. The molecular formula is C19H17N5O2S. The van der Waals surface area contributed by atoms with E-state index < -0.39 is 0 Å². The van der Waals surface area contributed by atoms with E-state index >= 15 is 0 Å². The van der Waals surface area contributed by atoms with Crippen LogP contribution in [0.1, 0.15) is 11.3 Å². The number of thiazole rings is 1. The van der Waals surface area contributed by atoms with Gasteiger partial charge in [0.05, 0.1) is 17.7 Å². The van der Waals surface area contributed by atoms with Gasteiger partial charge in [-0.3, -0.25) is 19.1 Å². The molecule has 0 atom stereocenters. The Balaban J connectivity index is 1.71. The summed E-state index contributed by atoms with van der Waals surface area (Å²) in [5.74, 6) is -0.352. The third-order valence-corrected chi connectivity index (χ3v) is 4.44. The van der Waals surface area contributed by atoms with Gasteiger partial charge in [-0.2, -0.15) is 0 Å². The highest BCUT2D eigenvalue weighted by molar-refractivity contribution is 7.14. The fourth-order valence-electron chi connectivity index (χ4n) is 2.32. The van der Waals surface area contributed by atoms with Crippen molar-refractivity contribution in [2.75, 3.05) is 5.32 Å². The Morgan fingerprint density at radius 1 is 1.33 bits per heavy atom. The van der Waals surface area contributed by atoms with E-state index in [1.54, 1.807) is 31.3 Å². The lowest BCUT2D eigenvalue weighted by molar-refractivity contribution is -0.116. The minimum Gasteiger partial charge on any atom is -0.300 e. The van der Waals surface area contributed by atoms with Crippen molar-refractivity contribution in [2.24, 2.45) is 0 Å². The van der Waals surface area contributed by atoms with Crippen molar-refractivity contribution in [1.82, 2.24) is 19.5 Å². The van der Waals surface area contributed by atoms with E-state index in [-0.39, 0.29) is 18.0 Å². The lowest BCUT2D eigenvalue weighted by atomic mass is 10.2. The van der Waals surface area contributed by atoms with E-state index in [4.69, 9.17) is 0 Å². The van der Waals surface area contributed by atoms with Crippen molar-refractivity contribution in [3.8, 4) is 11.4 Å². The molecule has 0 aliphatic heterocycles. The van der Waals surface area contributed by atoms with E-state index in [2.05, 4.69) is 26.8 Å². The van der Waals surface area contributed by atoms with Gasteiger partial charge in [0.15, 0.2) is 5.13 Å². The van der Waals surface area contributed by atoms with E-state index in [0.717, 1.165) is 5.69 Å². The largest absolute Gasteiger partial charge is 0.300 e. The van der Waals surface area contributed by atoms with Crippen LogP contribution in [0.25, 0.3) is 17.5 Å². The van der Waals surface area contributed by atoms with E-state index in [1.165, 1.54) is 22.2 Å². The van der Waals surface area contributed by atoms with Crippen LogP contribution in [0, 0.1) is 6.92 Å². The summed E-state index contributed by atoms with van der Waals surface area (Å²) in [4.78, 5) is 37.5. The van der Waals surface area contributed by atoms with Gasteiger partial charge in [-0.1, -0.05) is 24.8 Å². The van der Waals surface area contributed by atoms with Gasteiger partial charge in [-0.15, -0.1) is 11.3 Å². The minimum atomic E-state index is -0.352. The standard InChI is InChI=1S/C19H17N5O2S/c1-3-4-7-14-13(2)18(26)24(12-21-14)10-17(25)23-19-22-16(11-27-19)15-8-5-6-9-20-15/h3-9,11-12H,1,10H2,2H3,(H,22,23,25)/b7-4-. The predicted octanol–water partition coefficient (Wildman–Crippen LogP) is 2.91. The average molecular weight is 379 g/mol. The number of nitrogens with one attached hydrogen (secondary N) is 1. The molecule has 0 radical (unpaired) electrons. The minimum absolute atomic E-state index is 0.142. The lowest BCUT2D eigenvalue weighted by Crippen LogP contribution is -2.29.